The lowest BCUT2D eigenvalue weighted by molar-refractivity contribution is -0.147. The van der Waals surface area contributed by atoms with Gasteiger partial charge in [-0.25, -0.2) is 9.78 Å². The monoisotopic (exact) mass is 297 g/mol. The molecule has 0 saturated carbocycles. The predicted octanol–water partition coefficient (Wildman–Crippen LogP) is 0.943. The molecule has 1 atom stereocenters. The van der Waals surface area contributed by atoms with Crippen LogP contribution in [0, 0.1) is 9.52 Å². The highest BCUT2D eigenvalue weighted by atomic mass is 127. The summed E-state index contributed by atoms with van der Waals surface area (Å²) in [6, 6.07) is 1.24. The van der Waals surface area contributed by atoms with Crippen LogP contribution in [0.25, 0.3) is 0 Å². The molecule has 0 aliphatic carbocycles. The number of pyridine rings is 1. The van der Waals surface area contributed by atoms with Gasteiger partial charge in [-0.2, -0.15) is 4.39 Å². The molecule has 0 aliphatic rings. The first-order valence-electron chi connectivity index (χ1n) is 3.24. The van der Waals surface area contributed by atoms with Gasteiger partial charge < -0.3 is 10.2 Å². The lowest BCUT2D eigenvalue weighted by Crippen LogP contribution is -2.11. The zero-order valence-corrected chi connectivity index (χ0v) is 8.40. The van der Waals surface area contributed by atoms with Crippen molar-refractivity contribution in [3.8, 4) is 0 Å². The molecule has 0 radical (unpaired) electrons. The highest BCUT2D eigenvalue weighted by molar-refractivity contribution is 14.1. The van der Waals surface area contributed by atoms with Crippen molar-refractivity contribution < 1.29 is 19.4 Å². The quantitative estimate of drug-likeness (QED) is 0.629. The van der Waals surface area contributed by atoms with Gasteiger partial charge >= 0.3 is 5.97 Å². The molecule has 2 N–H and O–H groups in total. The van der Waals surface area contributed by atoms with Gasteiger partial charge in [0.05, 0.1) is 3.57 Å². The Morgan fingerprint density at radius 1 is 1.69 bits per heavy atom. The fourth-order valence-electron chi connectivity index (χ4n) is 0.728. The van der Waals surface area contributed by atoms with E-state index in [1.165, 1.54) is 6.07 Å². The molecule has 0 amide bonds. The van der Waals surface area contributed by atoms with E-state index in [0.29, 0.717) is 0 Å². The Balaban J connectivity index is 3.03. The molecule has 0 aromatic carbocycles. The van der Waals surface area contributed by atoms with Crippen LogP contribution in [0.2, 0.25) is 0 Å². The maximum absolute atomic E-state index is 12.6. The summed E-state index contributed by atoms with van der Waals surface area (Å²) >= 11 is 1.67. The summed E-state index contributed by atoms with van der Waals surface area (Å²) in [4.78, 5) is 13.6. The summed E-state index contributed by atoms with van der Waals surface area (Å²) in [5.74, 6) is -2.06. The van der Waals surface area contributed by atoms with E-state index < -0.39 is 18.0 Å². The molecule has 1 heterocycles. The van der Waals surface area contributed by atoms with Gasteiger partial charge in [0.1, 0.15) is 0 Å². The van der Waals surface area contributed by atoms with E-state index in [0.717, 1.165) is 6.20 Å². The van der Waals surface area contributed by atoms with Crippen molar-refractivity contribution in [1.29, 1.82) is 0 Å². The van der Waals surface area contributed by atoms with Crippen LogP contribution in [0.4, 0.5) is 4.39 Å². The highest BCUT2D eigenvalue weighted by Gasteiger charge is 2.17. The largest absolute Gasteiger partial charge is 0.479 e. The van der Waals surface area contributed by atoms with Gasteiger partial charge in [-0.3, -0.25) is 0 Å². The summed E-state index contributed by atoms with van der Waals surface area (Å²) < 4.78 is 12.8. The van der Waals surface area contributed by atoms with Crippen LogP contribution in [0.1, 0.15) is 11.7 Å². The van der Waals surface area contributed by atoms with Crippen LogP contribution in [0.5, 0.6) is 0 Å². The van der Waals surface area contributed by atoms with Crippen molar-refractivity contribution in [2.24, 2.45) is 0 Å². The number of carboxylic acid groups (broad SMARTS) is 1. The van der Waals surface area contributed by atoms with E-state index in [1.807, 2.05) is 0 Å². The topological polar surface area (TPSA) is 70.4 Å². The average molecular weight is 297 g/mol. The van der Waals surface area contributed by atoms with Crippen molar-refractivity contribution in [2.45, 2.75) is 6.10 Å². The predicted molar refractivity (Wildman–Crippen MR) is 49.5 cm³/mol. The van der Waals surface area contributed by atoms with Crippen LogP contribution in [0.3, 0.4) is 0 Å². The van der Waals surface area contributed by atoms with Crippen LogP contribution in [-0.2, 0) is 4.79 Å². The Bertz CT molecular complexity index is 345. The maximum atomic E-state index is 12.6. The van der Waals surface area contributed by atoms with E-state index in [2.05, 4.69) is 4.98 Å². The zero-order valence-electron chi connectivity index (χ0n) is 6.24. The van der Waals surface area contributed by atoms with Gasteiger partial charge in [0.15, 0.2) is 6.10 Å². The molecule has 13 heavy (non-hydrogen) atoms. The number of aliphatic hydroxyl groups excluding tert-OH is 1. The lowest BCUT2D eigenvalue weighted by atomic mass is 10.2. The van der Waals surface area contributed by atoms with Crippen molar-refractivity contribution >= 4 is 28.6 Å². The summed E-state index contributed by atoms with van der Waals surface area (Å²) in [7, 11) is 0. The SMILES string of the molecule is O=C(O)C(O)c1cnc(F)c(I)c1. The van der Waals surface area contributed by atoms with E-state index in [-0.39, 0.29) is 9.13 Å². The minimum atomic E-state index is -1.65. The minimum Gasteiger partial charge on any atom is -0.479 e. The van der Waals surface area contributed by atoms with E-state index in [4.69, 9.17) is 10.2 Å². The summed E-state index contributed by atoms with van der Waals surface area (Å²) in [6.07, 6.45) is -0.655. The van der Waals surface area contributed by atoms with Gasteiger partial charge in [0.25, 0.3) is 0 Å². The number of halogens is 2. The van der Waals surface area contributed by atoms with Crippen LogP contribution < -0.4 is 0 Å². The molecule has 0 fully saturated rings. The van der Waals surface area contributed by atoms with Crippen LogP contribution >= 0.6 is 22.6 Å². The van der Waals surface area contributed by atoms with Gasteiger partial charge in [0.2, 0.25) is 5.95 Å². The Labute approximate surface area is 86.6 Å². The number of aromatic nitrogens is 1. The average Bonchev–Trinajstić information content (AvgIpc) is 2.08. The normalized spacial score (nSPS) is 12.5. The Morgan fingerprint density at radius 3 is 2.77 bits per heavy atom. The van der Waals surface area contributed by atoms with E-state index >= 15 is 0 Å². The molecule has 0 aliphatic heterocycles. The molecule has 70 valence electrons. The van der Waals surface area contributed by atoms with Gasteiger partial charge in [-0.15, -0.1) is 0 Å². The Hall–Kier alpha value is -0.760. The minimum absolute atomic E-state index is 0.0679. The number of nitrogens with zero attached hydrogens (tertiary/aromatic N) is 1. The molecule has 1 unspecified atom stereocenters. The number of rotatable bonds is 2. The van der Waals surface area contributed by atoms with Crippen molar-refractivity contribution in [1.82, 2.24) is 4.98 Å². The molecule has 4 nitrogen and oxygen atoms in total. The van der Waals surface area contributed by atoms with E-state index in [9.17, 15) is 9.18 Å². The third-order valence-electron chi connectivity index (χ3n) is 1.37. The number of hydrogen-bond acceptors (Lipinski definition) is 3. The number of carbonyl (C=O) groups is 1. The molecular formula is C7H5FINO3. The molecule has 0 bridgehead atoms. The van der Waals surface area contributed by atoms with Gasteiger partial charge in [0, 0.05) is 11.8 Å². The zero-order chi connectivity index (χ0) is 10.0. The molecule has 1 rings (SSSR count). The van der Waals surface area contributed by atoms with E-state index in [1.54, 1.807) is 22.6 Å². The second-order valence-electron chi connectivity index (χ2n) is 2.28. The van der Waals surface area contributed by atoms with Gasteiger partial charge in [-0.05, 0) is 28.7 Å². The number of carboxylic acids is 1. The Morgan fingerprint density at radius 2 is 2.31 bits per heavy atom. The fraction of sp³-hybridized carbons (Fsp3) is 0.143. The summed E-state index contributed by atoms with van der Waals surface area (Å²) in [6.45, 7) is 0. The lowest BCUT2D eigenvalue weighted by Gasteiger charge is -2.05. The standard InChI is InChI=1S/C7H5FINO3/c8-6-4(9)1-3(2-10-6)5(11)7(12)13/h1-2,5,11H,(H,12,13). The van der Waals surface area contributed by atoms with Gasteiger partial charge in [-0.1, -0.05) is 0 Å². The number of aliphatic carboxylic acids is 1. The highest BCUT2D eigenvalue weighted by Crippen LogP contribution is 2.16. The third-order valence-corrected chi connectivity index (χ3v) is 2.12. The second kappa shape index (κ2) is 3.97. The summed E-state index contributed by atoms with van der Waals surface area (Å²) in [5.41, 5.74) is 0.0679. The first-order valence-corrected chi connectivity index (χ1v) is 4.32. The number of aliphatic hydroxyl groups is 1. The van der Waals surface area contributed by atoms with Crippen molar-refractivity contribution in [3.63, 3.8) is 0 Å². The van der Waals surface area contributed by atoms with Crippen molar-refractivity contribution in [3.05, 3.63) is 27.3 Å². The molecular weight excluding hydrogens is 292 g/mol. The molecule has 1 aromatic heterocycles. The molecule has 0 spiro atoms. The first-order chi connectivity index (χ1) is 6.02. The molecule has 6 heteroatoms. The Kier molecular flexibility index (Phi) is 3.15. The first kappa shape index (κ1) is 10.3. The van der Waals surface area contributed by atoms with Crippen LogP contribution in [0.15, 0.2) is 12.3 Å². The molecule has 0 saturated heterocycles. The fourth-order valence-corrected chi connectivity index (χ4v) is 1.23. The smallest absolute Gasteiger partial charge is 0.337 e. The third kappa shape index (κ3) is 2.34. The molecule has 1 aromatic rings. The second-order valence-corrected chi connectivity index (χ2v) is 3.44. The maximum Gasteiger partial charge on any atom is 0.337 e. The van der Waals surface area contributed by atoms with Crippen molar-refractivity contribution in [2.75, 3.05) is 0 Å². The number of hydrogen-bond donors (Lipinski definition) is 2. The summed E-state index contributed by atoms with van der Waals surface area (Å²) in [5, 5.41) is 17.5. The van der Waals surface area contributed by atoms with Crippen LogP contribution in [-0.4, -0.2) is 21.2 Å².